The van der Waals surface area contributed by atoms with Crippen molar-refractivity contribution in [3.05, 3.63) is 47.0 Å². The molecule has 0 radical (unpaired) electrons. The highest BCUT2D eigenvalue weighted by molar-refractivity contribution is 6.32. The minimum absolute atomic E-state index is 0.0655. The first kappa shape index (κ1) is 18.3. The maximum atomic E-state index is 12.9. The van der Waals surface area contributed by atoms with Gasteiger partial charge >= 0.3 is 0 Å². The van der Waals surface area contributed by atoms with Crippen LogP contribution in [-0.4, -0.2) is 46.5 Å². The van der Waals surface area contributed by atoms with E-state index >= 15 is 0 Å². The molecule has 0 saturated carbocycles. The Bertz CT molecular complexity index is 821. The number of carbonyl (C=O) groups excluding carboxylic acids is 2. The summed E-state index contributed by atoms with van der Waals surface area (Å²) >= 11 is 6.14. The number of hydrogen-bond donors (Lipinski definition) is 1. The molecule has 26 heavy (non-hydrogen) atoms. The third kappa shape index (κ3) is 3.83. The Kier molecular flexibility index (Phi) is 5.46. The van der Waals surface area contributed by atoms with Crippen LogP contribution >= 0.6 is 11.6 Å². The topological polar surface area (TPSA) is 90.4 Å². The normalized spacial score (nSPS) is 17.2. The molecule has 1 aromatic carbocycles. The van der Waals surface area contributed by atoms with Crippen LogP contribution in [0.15, 0.2) is 30.6 Å². The third-order valence-electron chi connectivity index (χ3n) is 4.55. The first-order chi connectivity index (χ1) is 12.5. The molecule has 2 amide bonds. The summed E-state index contributed by atoms with van der Waals surface area (Å²) in [6, 6.07) is 5.03. The van der Waals surface area contributed by atoms with E-state index in [-0.39, 0.29) is 18.4 Å². The number of benzene rings is 1. The van der Waals surface area contributed by atoms with Gasteiger partial charge in [0.15, 0.2) is 0 Å². The van der Waals surface area contributed by atoms with Crippen LogP contribution in [0.1, 0.15) is 34.9 Å². The number of likely N-dealkylation sites (tertiary alicyclic amines) is 1. The van der Waals surface area contributed by atoms with Gasteiger partial charge < -0.3 is 19.9 Å². The van der Waals surface area contributed by atoms with E-state index in [2.05, 4.69) is 4.98 Å². The van der Waals surface area contributed by atoms with Crippen LogP contribution in [0.2, 0.25) is 5.02 Å². The average Bonchev–Trinajstić information content (AvgIpc) is 3.08. The Morgan fingerprint density at radius 2 is 2.23 bits per heavy atom. The SMILES string of the molecule is COc1ccc(C(=O)N2CCC[C@H](c3nccn3CC(N)=O)C2)cc1Cl. The number of piperidine rings is 1. The largest absolute Gasteiger partial charge is 0.495 e. The lowest BCUT2D eigenvalue weighted by Crippen LogP contribution is -2.40. The zero-order valence-corrected chi connectivity index (χ0v) is 15.3. The lowest BCUT2D eigenvalue weighted by Gasteiger charge is -2.32. The number of primary amides is 1. The Morgan fingerprint density at radius 1 is 1.42 bits per heavy atom. The fourth-order valence-electron chi connectivity index (χ4n) is 3.34. The van der Waals surface area contributed by atoms with Gasteiger partial charge in [0.05, 0.1) is 12.1 Å². The second kappa shape index (κ2) is 7.78. The minimum Gasteiger partial charge on any atom is -0.495 e. The molecular weight excluding hydrogens is 356 g/mol. The first-order valence-corrected chi connectivity index (χ1v) is 8.79. The monoisotopic (exact) mass is 376 g/mol. The summed E-state index contributed by atoms with van der Waals surface area (Å²) in [5.74, 6) is 0.895. The Labute approximate surface area is 156 Å². The highest BCUT2D eigenvalue weighted by atomic mass is 35.5. The van der Waals surface area contributed by atoms with Crippen molar-refractivity contribution in [2.75, 3.05) is 20.2 Å². The minimum atomic E-state index is -0.416. The molecule has 0 unspecified atom stereocenters. The fraction of sp³-hybridized carbons (Fsp3) is 0.389. The molecule has 1 aliphatic rings. The number of methoxy groups -OCH3 is 1. The van der Waals surface area contributed by atoms with E-state index in [1.54, 1.807) is 40.1 Å². The van der Waals surface area contributed by atoms with Crippen LogP contribution in [0.4, 0.5) is 0 Å². The van der Waals surface area contributed by atoms with Crippen molar-refractivity contribution in [1.29, 1.82) is 0 Å². The van der Waals surface area contributed by atoms with Crippen molar-refractivity contribution < 1.29 is 14.3 Å². The van der Waals surface area contributed by atoms with Crippen molar-refractivity contribution in [1.82, 2.24) is 14.5 Å². The fourth-order valence-corrected chi connectivity index (χ4v) is 3.59. The molecule has 2 heterocycles. The number of nitrogens with zero attached hydrogens (tertiary/aromatic N) is 3. The van der Waals surface area contributed by atoms with Crippen LogP contribution in [0, 0.1) is 0 Å². The number of halogens is 1. The molecule has 1 aliphatic heterocycles. The second-order valence-electron chi connectivity index (χ2n) is 6.32. The Balaban J connectivity index is 1.76. The molecular formula is C18H21ClN4O3. The predicted octanol–water partition coefficient (Wildman–Crippen LogP) is 2.05. The molecule has 1 atom stereocenters. The number of ether oxygens (including phenoxy) is 1. The van der Waals surface area contributed by atoms with Crippen molar-refractivity contribution in [3.63, 3.8) is 0 Å². The van der Waals surface area contributed by atoms with Gasteiger partial charge in [0.2, 0.25) is 5.91 Å². The molecule has 2 N–H and O–H groups in total. The summed E-state index contributed by atoms with van der Waals surface area (Å²) in [4.78, 5) is 30.3. The maximum absolute atomic E-state index is 12.9. The number of nitrogens with two attached hydrogens (primary N) is 1. The Hall–Kier alpha value is -2.54. The number of aromatic nitrogens is 2. The summed E-state index contributed by atoms with van der Waals surface area (Å²) in [5, 5.41) is 0.406. The van der Waals surface area contributed by atoms with Crippen molar-refractivity contribution >= 4 is 23.4 Å². The molecule has 0 aliphatic carbocycles. The van der Waals surface area contributed by atoms with Gasteiger partial charge in [-0.05, 0) is 31.0 Å². The second-order valence-corrected chi connectivity index (χ2v) is 6.73. The predicted molar refractivity (Wildman–Crippen MR) is 97.3 cm³/mol. The third-order valence-corrected chi connectivity index (χ3v) is 4.84. The van der Waals surface area contributed by atoms with Gasteiger partial charge in [0.1, 0.15) is 18.1 Å². The van der Waals surface area contributed by atoms with Crippen molar-refractivity contribution in [2.45, 2.75) is 25.3 Å². The van der Waals surface area contributed by atoms with Gasteiger partial charge in [-0.1, -0.05) is 11.6 Å². The number of rotatable bonds is 5. The van der Waals surface area contributed by atoms with Gasteiger partial charge in [-0.25, -0.2) is 4.98 Å². The van der Waals surface area contributed by atoms with E-state index in [0.29, 0.717) is 29.4 Å². The molecule has 1 aromatic heterocycles. The summed E-state index contributed by atoms with van der Waals surface area (Å²) < 4.78 is 6.89. The van der Waals surface area contributed by atoms with Crippen molar-refractivity contribution in [2.24, 2.45) is 5.73 Å². The lowest BCUT2D eigenvalue weighted by atomic mass is 9.96. The zero-order valence-electron chi connectivity index (χ0n) is 14.5. The van der Waals surface area contributed by atoms with Gasteiger partial charge in [0.25, 0.3) is 5.91 Å². The standard InChI is InChI=1S/C18H21ClN4O3/c1-26-15-5-4-12(9-14(15)19)18(25)23-7-2-3-13(10-23)17-21-6-8-22(17)11-16(20)24/h4-6,8-9,13H,2-3,7,10-11H2,1H3,(H2,20,24)/t13-/m0/s1. The van der Waals surface area contributed by atoms with E-state index in [1.807, 2.05) is 0 Å². The molecule has 0 bridgehead atoms. The molecule has 7 nitrogen and oxygen atoms in total. The van der Waals surface area contributed by atoms with Gasteiger partial charge in [0, 0.05) is 37.0 Å². The number of amides is 2. The van der Waals surface area contributed by atoms with Crippen LogP contribution < -0.4 is 10.5 Å². The van der Waals surface area contributed by atoms with E-state index in [9.17, 15) is 9.59 Å². The molecule has 138 valence electrons. The van der Waals surface area contributed by atoms with Gasteiger partial charge in [-0.15, -0.1) is 0 Å². The van der Waals surface area contributed by atoms with Crippen LogP contribution in [0.5, 0.6) is 5.75 Å². The van der Waals surface area contributed by atoms with Crippen LogP contribution in [0.3, 0.4) is 0 Å². The molecule has 1 fully saturated rings. The van der Waals surface area contributed by atoms with E-state index in [1.165, 1.54) is 7.11 Å². The Morgan fingerprint density at radius 3 is 2.92 bits per heavy atom. The van der Waals surface area contributed by atoms with Gasteiger partial charge in [-0.2, -0.15) is 0 Å². The molecule has 1 saturated heterocycles. The van der Waals surface area contributed by atoms with Crippen LogP contribution in [-0.2, 0) is 11.3 Å². The van der Waals surface area contributed by atoms with Gasteiger partial charge in [-0.3, -0.25) is 9.59 Å². The zero-order chi connectivity index (χ0) is 18.7. The summed E-state index contributed by atoms with van der Waals surface area (Å²) in [6.45, 7) is 1.31. The molecule has 2 aromatic rings. The first-order valence-electron chi connectivity index (χ1n) is 8.41. The average molecular weight is 377 g/mol. The molecule has 3 rings (SSSR count). The van der Waals surface area contributed by atoms with Crippen molar-refractivity contribution in [3.8, 4) is 5.75 Å². The van der Waals surface area contributed by atoms with E-state index < -0.39 is 5.91 Å². The highest BCUT2D eigenvalue weighted by Crippen LogP contribution is 2.29. The summed E-state index contributed by atoms with van der Waals surface area (Å²) in [6.07, 6.45) is 5.17. The highest BCUT2D eigenvalue weighted by Gasteiger charge is 2.28. The smallest absolute Gasteiger partial charge is 0.253 e. The summed E-state index contributed by atoms with van der Waals surface area (Å²) in [5.41, 5.74) is 5.82. The van der Waals surface area contributed by atoms with E-state index in [4.69, 9.17) is 22.1 Å². The molecule has 8 heteroatoms. The number of imidazole rings is 1. The van der Waals surface area contributed by atoms with Crippen LogP contribution in [0.25, 0.3) is 0 Å². The van der Waals surface area contributed by atoms with E-state index in [0.717, 1.165) is 18.7 Å². The number of carbonyl (C=O) groups is 2. The lowest BCUT2D eigenvalue weighted by molar-refractivity contribution is -0.118. The summed E-state index contributed by atoms with van der Waals surface area (Å²) in [7, 11) is 1.53. The maximum Gasteiger partial charge on any atom is 0.253 e. The quantitative estimate of drug-likeness (QED) is 0.864. The molecule has 0 spiro atoms. The number of hydrogen-bond acceptors (Lipinski definition) is 4.